The highest BCUT2D eigenvalue weighted by molar-refractivity contribution is 7.93. The zero-order valence-corrected chi connectivity index (χ0v) is 11.0. The second kappa shape index (κ2) is 4.62. The molecule has 0 aliphatic heterocycles. The van der Waals surface area contributed by atoms with E-state index in [1.807, 2.05) is 6.07 Å². The molecule has 18 heavy (non-hydrogen) atoms. The van der Waals surface area contributed by atoms with Crippen molar-refractivity contribution in [3.8, 4) is 11.8 Å². The monoisotopic (exact) mass is 265 g/mol. The fourth-order valence-corrected chi connectivity index (χ4v) is 4.31. The molecule has 0 bridgehead atoms. The molecule has 0 unspecified atom stereocenters. The maximum Gasteiger partial charge on any atom is 0.197 e. The maximum atomic E-state index is 12.6. The van der Waals surface area contributed by atoms with E-state index in [0.717, 1.165) is 12.8 Å². The number of benzene rings is 1. The number of methoxy groups -OCH3 is 1. The van der Waals surface area contributed by atoms with Crippen LogP contribution >= 0.6 is 0 Å². The van der Waals surface area contributed by atoms with E-state index in [1.54, 1.807) is 12.1 Å². The van der Waals surface area contributed by atoms with Gasteiger partial charge in [-0.3, -0.25) is 0 Å². The number of sulfone groups is 1. The molecular weight excluding hydrogens is 250 g/mol. The Bertz CT molecular complexity index is 580. The van der Waals surface area contributed by atoms with Gasteiger partial charge in [0.1, 0.15) is 5.75 Å². The highest BCUT2D eigenvalue weighted by Crippen LogP contribution is 2.40. The van der Waals surface area contributed by atoms with Crippen LogP contribution in [0.5, 0.6) is 5.75 Å². The third-order valence-corrected chi connectivity index (χ3v) is 5.88. The summed E-state index contributed by atoms with van der Waals surface area (Å²) in [5, 5.41) is 9.28. The second-order valence-corrected chi connectivity index (χ2v) is 6.76. The summed E-state index contributed by atoms with van der Waals surface area (Å²) in [4.78, 5) is 0.172. The standard InChI is InChI=1S/C13H15NO3S/c1-17-11-5-4-6-12(9-11)18(15,16)13(10-14)7-2-3-8-13/h4-6,9H,2-3,7-8H2,1H3. The Kier molecular flexibility index (Phi) is 3.31. The van der Waals surface area contributed by atoms with E-state index in [4.69, 9.17) is 4.74 Å². The predicted octanol–water partition coefficient (Wildman–Crippen LogP) is 2.31. The molecule has 1 saturated carbocycles. The van der Waals surface area contributed by atoms with E-state index in [9.17, 15) is 13.7 Å². The Morgan fingerprint density at radius 2 is 2.00 bits per heavy atom. The van der Waals surface area contributed by atoms with Crippen LogP contribution in [-0.4, -0.2) is 20.3 Å². The van der Waals surface area contributed by atoms with Gasteiger partial charge in [0.2, 0.25) is 0 Å². The lowest BCUT2D eigenvalue weighted by molar-refractivity contribution is 0.413. The Balaban J connectivity index is 2.51. The number of rotatable bonds is 3. The molecule has 2 rings (SSSR count). The smallest absolute Gasteiger partial charge is 0.197 e. The Hall–Kier alpha value is -1.54. The van der Waals surface area contributed by atoms with Gasteiger partial charge >= 0.3 is 0 Å². The molecule has 1 aliphatic rings. The molecule has 1 aromatic carbocycles. The average Bonchev–Trinajstić information content (AvgIpc) is 2.89. The van der Waals surface area contributed by atoms with E-state index < -0.39 is 14.6 Å². The van der Waals surface area contributed by atoms with Crippen LogP contribution < -0.4 is 4.74 Å². The zero-order chi connectivity index (χ0) is 13.2. The Labute approximate surface area is 107 Å². The van der Waals surface area contributed by atoms with Crippen LogP contribution in [0.25, 0.3) is 0 Å². The van der Waals surface area contributed by atoms with Crippen molar-refractivity contribution in [1.82, 2.24) is 0 Å². The van der Waals surface area contributed by atoms with Gasteiger partial charge in [0.05, 0.1) is 18.1 Å². The van der Waals surface area contributed by atoms with Crippen molar-refractivity contribution in [1.29, 1.82) is 5.26 Å². The van der Waals surface area contributed by atoms with Gasteiger partial charge in [-0.25, -0.2) is 8.42 Å². The summed E-state index contributed by atoms with van der Waals surface area (Å²) in [6, 6.07) is 8.34. The van der Waals surface area contributed by atoms with Gasteiger partial charge in [0, 0.05) is 0 Å². The first-order valence-electron chi connectivity index (χ1n) is 5.86. The molecular formula is C13H15NO3S. The van der Waals surface area contributed by atoms with Gasteiger partial charge in [-0.05, 0) is 31.0 Å². The van der Waals surface area contributed by atoms with Crippen molar-refractivity contribution < 1.29 is 13.2 Å². The molecule has 0 heterocycles. The second-order valence-electron chi connectivity index (χ2n) is 4.50. The molecule has 0 amide bonds. The van der Waals surface area contributed by atoms with Crippen LogP contribution in [0.4, 0.5) is 0 Å². The molecule has 1 aromatic rings. The van der Waals surface area contributed by atoms with Crippen molar-refractivity contribution in [3.05, 3.63) is 24.3 Å². The fraction of sp³-hybridized carbons (Fsp3) is 0.462. The SMILES string of the molecule is COc1cccc(S(=O)(=O)C2(C#N)CCCC2)c1. The lowest BCUT2D eigenvalue weighted by atomic mass is 10.1. The summed E-state index contributed by atoms with van der Waals surface area (Å²) >= 11 is 0. The third kappa shape index (κ3) is 1.87. The minimum Gasteiger partial charge on any atom is -0.497 e. The van der Waals surface area contributed by atoms with Gasteiger partial charge in [0.25, 0.3) is 0 Å². The molecule has 4 nitrogen and oxygen atoms in total. The van der Waals surface area contributed by atoms with Crippen LogP contribution in [0.15, 0.2) is 29.2 Å². The first-order valence-corrected chi connectivity index (χ1v) is 7.34. The molecule has 0 atom stereocenters. The summed E-state index contributed by atoms with van der Waals surface area (Å²) < 4.78 is 28.9. The van der Waals surface area contributed by atoms with E-state index >= 15 is 0 Å². The number of hydrogen-bond donors (Lipinski definition) is 0. The molecule has 5 heteroatoms. The number of nitrogens with zero attached hydrogens (tertiary/aromatic N) is 1. The maximum absolute atomic E-state index is 12.6. The van der Waals surface area contributed by atoms with Crippen molar-refractivity contribution >= 4 is 9.84 Å². The van der Waals surface area contributed by atoms with Crippen molar-refractivity contribution in [2.75, 3.05) is 7.11 Å². The summed E-state index contributed by atoms with van der Waals surface area (Å²) in [7, 11) is -2.14. The minimum atomic E-state index is -3.62. The normalized spacial score (nSPS) is 18.2. The Morgan fingerprint density at radius 3 is 2.56 bits per heavy atom. The Morgan fingerprint density at radius 1 is 1.33 bits per heavy atom. The van der Waals surface area contributed by atoms with Gasteiger partial charge < -0.3 is 4.74 Å². The number of hydrogen-bond acceptors (Lipinski definition) is 4. The molecule has 0 spiro atoms. The largest absolute Gasteiger partial charge is 0.497 e. The predicted molar refractivity (Wildman–Crippen MR) is 67.0 cm³/mol. The highest BCUT2D eigenvalue weighted by atomic mass is 32.2. The van der Waals surface area contributed by atoms with Crippen LogP contribution in [0, 0.1) is 11.3 Å². The van der Waals surface area contributed by atoms with Gasteiger partial charge in [-0.1, -0.05) is 18.9 Å². The number of ether oxygens (including phenoxy) is 1. The summed E-state index contributed by atoms with van der Waals surface area (Å²) in [5.41, 5.74) is 0. The molecule has 1 fully saturated rings. The third-order valence-electron chi connectivity index (χ3n) is 3.48. The lowest BCUT2D eigenvalue weighted by Gasteiger charge is -2.20. The van der Waals surface area contributed by atoms with E-state index in [2.05, 4.69) is 0 Å². The minimum absolute atomic E-state index is 0.172. The number of nitriles is 1. The first-order chi connectivity index (χ1) is 8.55. The quantitative estimate of drug-likeness (QED) is 0.841. The molecule has 0 saturated heterocycles. The lowest BCUT2D eigenvalue weighted by Crippen LogP contribution is -2.34. The van der Waals surface area contributed by atoms with Crippen molar-refractivity contribution in [2.24, 2.45) is 0 Å². The molecule has 0 radical (unpaired) electrons. The van der Waals surface area contributed by atoms with Gasteiger partial charge in [-0.2, -0.15) is 5.26 Å². The van der Waals surface area contributed by atoms with Crippen LogP contribution in [0.3, 0.4) is 0 Å². The van der Waals surface area contributed by atoms with E-state index in [-0.39, 0.29) is 4.90 Å². The molecule has 96 valence electrons. The zero-order valence-electron chi connectivity index (χ0n) is 10.2. The van der Waals surface area contributed by atoms with E-state index in [0.29, 0.717) is 18.6 Å². The topological polar surface area (TPSA) is 67.2 Å². The molecule has 1 aliphatic carbocycles. The summed E-state index contributed by atoms with van der Waals surface area (Å²) in [6.07, 6.45) is 2.42. The molecule has 0 aromatic heterocycles. The van der Waals surface area contributed by atoms with Crippen LogP contribution in [-0.2, 0) is 9.84 Å². The highest BCUT2D eigenvalue weighted by Gasteiger charge is 2.47. The molecule has 0 N–H and O–H groups in total. The van der Waals surface area contributed by atoms with Crippen LogP contribution in [0.1, 0.15) is 25.7 Å². The summed E-state index contributed by atoms with van der Waals surface area (Å²) in [6.45, 7) is 0. The van der Waals surface area contributed by atoms with Crippen LogP contribution in [0.2, 0.25) is 0 Å². The first kappa shape index (κ1) is 12.9. The van der Waals surface area contributed by atoms with E-state index in [1.165, 1.54) is 19.2 Å². The van der Waals surface area contributed by atoms with Gasteiger partial charge in [-0.15, -0.1) is 0 Å². The summed E-state index contributed by atoms with van der Waals surface area (Å²) in [5.74, 6) is 0.488. The van der Waals surface area contributed by atoms with Gasteiger partial charge in [0.15, 0.2) is 14.6 Å². The van der Waals surface area contributed by atoms with Crippen molar-refractivity contribution in [3.63, 3.8) is 0 Å². The fourth-order valence-electron chi connectivity index (χ4n) is 2.38. The average molecular weight is 265 g/mol. The van der Waals surface area contributed by atoms with Crippen molar-refractivity contribution in [2.45, 2.75) is 35.3 Å².